The van der Waals surface area contributed by atoms with Crippen LogP contribution in [0.4, 0.5) is 13.2 Å². The lowest BCUT2D eigenvalue weighted by Crippen LogP contribution is -2.75. The number of aromatic nitrogens is 1. The summed E-state index contributed by atoms with van der Waals surface area (Å²) in [5.74, 6) is -0.00191. The van der Waals surface area contributed by atoms with Crippen LogP contribution in [0.3, 0.4) is 0 Å². The van der Waals surface area contributed by atoms with Crippen LogP contribution in [0, 0.1) is 12.3 Å². The molecule has 5 nitrogen and oxygen atoms in total. The van der Waals surface area contributed by atoms with E-state index >= 15 is 0 Å². The van der Waals surface area contributed by atoms with Crippen LogP contribution in [-0.4, -0.2) is 28.8 Å². The minimum absolute atomic E-state index is 0.0282. The Morgan fingerprint density at radius 1 is 1.30 bits per heavy atom. The van der Waals surface area contributed by atoms with Crippen molar-refractivity contribution in [1.82, 2.24) is 10.3 Å². The summed E-state index contributed by atoms with van der Waals surface area (Å²) >= 11 is 6.30. The SMILES string of the molecule is Cc1cc(OCC(=O)CC23CC(NC(=O)c4cnc(C(F)(F)F)s4)(C2)C3)ccc1Cl. The zero-order valence-electron chi connectivity index (χ0n) is 15.9. The van der Waals surface area contributed by atoms with Crippen LogP contribution in [0.5, 0.6) is 5.75 Å². The van der Waals surface area contributed by atoms with Crippen LogP contribution in [0.2, 0.25) is 5.02 Å². The summed E-state index contributed by atoms with van der Waals surface area (Å²) in [6, 6.07) is 5.19. The van der Waals surface area contributed by atoms with Crippen LogP contribution in [0.25, 0.3) is 0 Å². The van der Waals surface area contributed by atoms with Gasteiger partial charge in [0.2, 0.25) is 0 Å². The van der Waals surface area contributed by atoms with Crippen molar-refractivity contribution in [3.05, 3.63) is 44.9 Å². The van der Waals surface area contributed by atoms with E-state index in [0.29, 0.717) is 47.8 Å². The molecular weight excluding hydrogens is 441 g/mol. The second kappa shape index (κ2) is 7.23. The number of nitrogens with one attached hydrogen (secondary N) is 1. The normalized spacial score (nSPS) is 24.6. The number of amides is 1. The molecule has 160 valence electrons. The van der Waals surface area contributed by atoms with Gasteiger partial charge in [0, 0.05) is 17.0 Å². The Morgan fingerprint density at radius 3 is 2.60 bits per heavy atom. The molecule has 2 bridgehead atoms. The topological polar surface area (TPSA) is 68.3 Å². The zero-order chi connectivity index (χ0) is 21.7. The number of alkyl halides is 3. The summed E-state index contributed by atoms with van der Waals surface area (Å²) in [7, 11) is 0. The van der Waals surface area contributed by atoms with Gasteiger partial charge in [0.25, 0.3) is 5.91 Å². The molecule has 0 saturated heterocycles. The predicted molar refractivity (Wildman–Crippen MR) is 105 cm³/mol. The molecule has 0 aliphatic heterocycles. The quantitative estimate of drug-likeness (QED) is 0.646. The van der Waals surface area contributed by atoms with Crippen LogP contribution in [0.1, 0.15) is 45.9 Å². The number of Topliss-reactive ketones (excluding diaryl/α,β-unsaturated/α-hetero) is 1. The largest absolute Gasteiger partial charge is 0.486 e. The molecule has 0 spiro atoms. The van der Waals surface area contributed by atoms with E-state index in [0.717, 1.165) is 11.8 Å². The molecule has 0 unspecified atom stereocenters. The van der Waals surface area contributed by atoms with E-state index < -0.39 is 22.6 Å². The highest BCUT2D eigenvalue weighted by Gasteiger charge is 2.68. The van der Waals surface area contributed by atoms with Gasteiger partial charge in [-0.25, -0.2) is 4.98 Å². The van der Waals surface area contributed by atoms with Crippen molar-refractivity contribution in [2.75, 3.05) is 6.61 Å². The summed E-state index contributed by atoms with van der Waals surface area (Å²) in [5.41, 5.74) is 0.296. The lowest BCUT2D eigenvalue weighted by Gasteiger charge is -2.70. The van der Waals surface area contributed by atoms with Crippen LogP contribution < -0.4 is 10.1 Å². The molecule has 2 aromatic rings. The second-order valence-corrected chi connectivity index (χ2v) is 9.65. The molecule has 1 heterocycles. The van der Waals surface area contributed by atoms with E-state index in [1.54, 1.807) is 18.2 Å². The summed E-state index contributed by atoms with van der Waals surface area (Å²) in [6.45, 7) is 1.81. The van der Waals surface area contributed by atoms with Crippen molar-refractivity contribution >= 4 is 34.6 Å². The standard InChI is InChI=1S/C20H18ClF3N2O3S/c1-11-4-13(2-3-14(11)21)29-7-12(27)5-18-8-19(9-18,10-18)26-16(28)15-6-25-17(30-15)20(22,23)24/h2-4,6H,5,7-10H2,1H3,(H,26,28). The van der Waals surface area contributed by atoms with Crippen molar-refractivity contribution < 1.29 is 27.5 Å². The number of halogens is 4. The van der Waals surface area contributed by atoms with Crippen LogP contribution in [0.15, 0.2) is 24.4 Å². The van der Waals surface area contributed by atoms with E-state index in [1.165, 1.54) is 0 Å². The Balaban J connectivity index is 1.24. The molecule has 1 aromatic carbocycles. The average Bonchev–Trinajstić information content (AvgIpc) is 3.10. The lowest BCUT2D eigenvalue weighted by molar-refractivity contribution is -0.162. The van der Waals surface area contributed by atoms with Crippen molar-refractivity contribution in [3.63, 3.8) is 0 Å². The summed E-state index contributed by atoms with van der Waals surface area (Å²) in [5, 5.41) is 2.41. The highest BCUT2D eigenvalue weighted by molar-refractivity contribution is 7.13. The first kappa shape index (κ1) is 21.1. The Bertz CT molecular complexity index is 1000. The first-order valence-corrected chi connectivity index (χ1v) is 10.5. The maximum absolute atomic E-state index is 12.6. The van der Waals surface area contributed by atoms with E-state index in [-0.39, 0.29) is 22.7 Å². The van der Waals surface area contributed by atoms with E-state index in [9.17, 15) is 22.8 Å². The number of rotatable bonds is 7. The highest BCUT2D eigenvalue weighted by atomic mass is 35.5. The number of hydrogen-bond donors (Lipinski definition) is 1. The van der Waals surface area contributed by atoms with Gasteiger partial charge >= 0.3 is 6.18 Å². The van der Waals surface area contributed by atoms with Crippen molar-refractivity contribution in [1.29, 1.82) is 0 Å². The fourth-order valence-electron chi connectivity index (χ4n) is 4.47. The number of carbonyl (C=O) groups excluding carboxylic acids is 2. The smallest absolute Gasteiger partial charge is 0.443 e. The fraction of sp³-hybridized carbons (Fsp3) is 0.450. The molecule has 30 heavy (non-hydrogen) atoms. The third-order valence-corrected chi connectivity index (χ3v) is 7.06. The number of ether oxygens (including phenoxy) is 1. The molecular formula is C20H18ClF3N2O3S. The summed E-state index contributed by atoms with van der Waals surface area (Å²) in [6.07, 6.45) is -1.33. The zero-order valence-corrected chi connectivity index (χ0v) is 17.5. The Hall–Kier alpha value is -2.13. The Morgan fingerprint density at radius 2 is 2.00 bits per heavy atom. The summed E-state index contributed by atoms with van der Waals surface area (Å²) < 4.78 is 43.4. The third-order valence-electron chi connectivity index (χ3n) is 5.59. The minimum Gasteiger partial charge on any atom is -0.486 e. The summed E-state index contributed by atoms with van der Waals surface area (Å²) in [4.78, 5) is 27.8. The van der Waals surface area contributed by atoms with Crippen LogP contribution in [-0.2, 0) is 11.0 Å². The molecule has 3 aliphatic carbocycles. The minimum atomic E-state index is -4.56. The first-order valence-electron chi connectivity index (χ1n) is 9.26. The Labute approximate surface area is 179 Å². The molecule has 1 amide bonds. The molecule has 3 saturated carbocycles. The number of aryl methyl sites for hydroxylation is 1. The second-order valence-electron chi connectivity index (χ2n) is 8.21. The van der Waals surface area contributed by atoms with Crippen molar-refractivity contribution in [3.8, 4) is 5.75 Å². The molecule has 5 rings (SSSR count). The predicted octanol–water partition coefficient (Wildman–Crippen LogP) is 4.81. The van der Waals surface area contributed by atoms with Gasteiger partial charge in [-0.15, -0.1) is 11.3 Å². The molecule has 1 N–H and O–H groups in total. The first-order chi connectivity index (χ1) is 14.0. The average molecular weight is 459 g/mol. The number of nitrogens with zero attached hydrogens (tertiary/aromatic N) is 1. The van der Waals surface area contributed by atoms with Crippen molar-refractivity contribution in [2.24, 2.45) is 5.41 Å². The molecule has 10 heteroatoms. The monoisotopic (exact) mass is 458 g/mol. The molecule has 0 atom stereocenters. The van der Waals surface area contributed by atoms with E-state index in [2.05, 4.69) is 10.3 Å². The third kappa shape index (κ3) is 4.05. The Kier molecular flexibility index (Phi) is 5.09. The number of ketones is 1. The molecule has 3 fully saturated rings. The number of carbonyl (C=O) groups is 2. The number of benzene rings is 1. The van der Waals surface area contributed by atoms with E-state index in [4.69, 9.17) is 16.3 Å². The lowest BCUT2D eigenvalue weighted by atomic mass is 9.38. The van der Waals surface area contributed by atoms with Crippen molar-refractivity contribution in [2.45, 2.75) is 44.3 Å². The van der Waals surface area contributed by atoms with Gasteiger partial charge in [0.05, 0.1) is 6.20 Å². The van der Waals surface area contributed by atoms with Gasteiger partial charge in [-0.05, 0) is 55.4 Å². The number of thiazole rings is 1. The molecule has 3 aliphatic rings. The van der Waals surface area contributed by atoms with Gasteiger partial charge in [0.15, 0.2) is 10.8 Å². The fourth-order valence-corrected chi connectivity index (χ4v) is 5.27. The molecule has 0 radical (unpaired) electrons. The van der Waals surface area contributed by atoms with Gasteiger partial charge in [-0.2, -0.15) is 13.2 Å². The van der Waals surface area contributed by atoms with Crippen LogP contribution >= 0.6 is 22.9 Å². The maximum Gasteiger partial charge on any atom is 0.443 e. The van der Waals surface area contributed by atoms with Gasteiger partial charge in [0.1, 0.15) is 17.2 Å². The number of hydrogen-bond acceptors (Lipinski definition) is 5. The van der Waals surface area contributed by atoms with Gasteiger partial charge in [-0.3, -0.25) is 9.59 Å². The van der Waals surface area contributed by atoms with E-state index in [1.807, 2.05) is 6.92 Å². The molecule has 1 aromatic heterocycles. The maximum atomic E-state index is 12.6. The van der Waals surface area contributed by atoms with Gasteiger partial charge < -0.3 is 10.1 Å². The van der Waals surface area contributed by atoms with Gasteiger partial charge in [-0.1, -0.05) is 11.6 Å². The highest BCUT2D eigenvalue weighted by Crippen LogP contribution is 2.69.